The van der Waals surface area contributed by atoms with Gasteiger partial charge >= 0.3 is 0 Å². The maximum atomic E-state index is 13.8. The molecule has 1 aliphatic heterocycles. The van der Waals surface area contributed by atoms with E-state index in [9.17, 15) is 4.39 Å². The third-order valence-corrected chi connectivity index (χ3v) is 4.34. The molecular weight excluding hydrogens is 301 g/mol. The summed E-state index contributed by atoms with van der Waals surface area (Å²) >= 11 is 0. The normalized spacial score (nSPS) is 16.6. The van der Waals surface area contributed by atoms with Gasteiger partial charge in [-0.05, 0) is 69.2 Å². The van der Waals surface area contributed by atoms with Gasteiger partial charge in [-0.15, -0.1) is 12.4 Å². The fourth-order valence-electron chi connectivity index (χ4n) is 3.23. The summed E-state index contributed by atoms with van der Waals surface area (Å²) in [7, 11) is 2.01. The van der Waals surface area contributed by atoms with E-state index in [4.69, 9.17) is 0 Å². The van der Waals surface area contributed by atoms with Crippen LogP contribution in [0.1, 0.15) is 18.4 Å². The number of halogens is 2. The molecule has 0 unspecified atom stereocenters. The summed E-state index contributed by atoms with van der Waals surface area (Å²) in [6, 6.07) is 6.98. The number of hydrogen-bond donors (Lipinski definition) is 1. The van der Waals surface area contributed by atoms with Crippen LogP contribution in [0.4, 0.5) is 4.39 Å². The number of piperidine rings is 1. The molecule has 22 heavy (non-hydrogen) atoms. The zero-order valence-electron chi connectivity index (χ0n) is 12.9. The second kappa shape index (κ2) is 7.86. The molecule has 2 aromatic rings. The Labute approximate surface area is 137 Å². The van der Waals surface area contributed by atoms with Crippen LogP contribution in [-0.2, 0) is 6.54 Å². The van der Waals surface area contributed by atoms with Crippen molar-refractivity contribution in [2.45, 2.75) is 19.4 Å². The first kappa shape index (κ1) is 17.1. The second-order valence-corrected chi connectivity index (χ2v) is 5.92. The van der Waals surface area contributed by atoms with Crippen LogP contribution in [0.2, 0.25) is 0 Å². The molecule has 1 aliphatic rings. The zero-order chi connectivity index (χ0) is 14.7. The van der Waals surface area contributed by atoms with E-state index in [1.165, 1.54) is 12.8 Å². The van der Waals surface area contributed by atoms with Gasteiger partial charge in [-0.1, -0.05) is 6.07 Å². The Bertz CT molecular complexity index is 612. The van der Waals surface area contributed by atoms with Gasteiger partial charge in [0.15, 0.2) is 0 Å². The Morgan fingerprint density at radius 1 is 1.32 bits per heavy atom. The first-order valence-corrected chi connectivity index (χ1v) is 7.66. The highest BCUT2D eigenvalue weighted by atomic mass is 35.5. The molecule has 1 saturated heterocycles. The third kappa shape index (κ3) is 3.94. The van der Waals surface area contributed by atoms with Crippen molar-refractivity contribution in [2.24, 2.45) is 5.92 Å². The SMILES string of the molecule is CNCC1CCN(Cc2cc(F)cc3cccnc23)CC1.Cl. The maximum absolute atomic E-state index is 13.8. The van der Waals surface area contributed by atoms with Crippen molar-refractivity contribution in [1.29, 1.82) is 0 Å². The van der Waals surface area contributed by atoms with Gasteiger partial charge in [0.2, 0.25) is 0 Å². The van der Waals surface area contributed by atoms with Crippen LogP contribution in [0.25, 0.3) is 10.9 Å². The molecule has 120 valence electrons. The number of nitrogens with one attached hydrogen (secondary N) is 1. The van der Waals surface area contributed by atoms with E-state index >= 15 is 0 Å². The molecule has 0 amide bonds. The lowest BCUT2D eigenvalue weighted by atomic mass is 9.96. The summed E-state index contributed by atoms with van der Waals surface area (Å²) < 4.78 is 13.8. The van der Waals surface area contributed by atoms with E-state index in [0.29, 0.717) is 0 Å². The summed E-state index contributed by atoms with van der Waals surface area (Å²) in [5.74, 6) is 0.601. The summed E-state index contributed by atoms with van der Waals surface area (Å²) in [6.07, 6.45) is 4.20. The highest BCUT2D eigenvalue weighted by molar-refractivity contribution is 5.85. The van der Waals surface area contributed by atoms with Crippen molar-refractivity contribution in [3.05, 3.63) is 41.8 Å². The molecule has 1 N–H and O–H groups in total. The maximum Gasteiger partial charge on any atom is 0.124 e. The minimum Gasteiger partial charge on any atom is -0.319 e. The molecule has 0 aliphatic carbocycles. The van der Waals surface area contributed by atoms with Gasteiger partial charge in [-0.3, -0.25) is 9.88 Å². The lowest BCUT2D eigenvalue weighted by Crippen LogP contribution is -2.36. The summed E-state index contributed by atoms with van der Waals surface area (Å²) in [5, 5.41) is 4.14. The molecular formula is C17H23ClFN3. The van der Waals surface area contributed by atoms with Crippen molar-refractivity contribution in [1.82, 2.24) is 15.2 Å². The second-order valence-electron chi connectivity index (χ2n) is 5.92. The largest absolute Gasteiger partial charge is 0.319 e. The van der Waals surface area contributed by atoms with Crippen LogP contribution >= 0.6 is 12.4 Å². The van der Waals surface area contributed by atoms with Crippen LogP contribution in [-0.4, -0.2) is 36.6 Å². The molecule has 2 heterocycles. The number of likely N-dealkylation sites (tertiary alicyclic amines) is 1. The molecule has 0 spiro atoms. The Hall–Kier alpha value is -1.23. The molecule has 1 fully saturated rings. The van der Waals surface area contributed by atoms with Crippen molar-refractivity contribution in [3.8, 4) is 0 Å². The van der Waals surface area contributed by atoms with Crippen LogP contribution in [0.3, 0.4) is 0 Å². The minimum atomic E-state index is -0.171. The Morgan fingerprint density at radius 3 is 2.82 bits per heavy atom. The highest BCUT2D eigenvalue weighted by Crippen LogP contribution is 2.23. The van der Waals surface area contributed by atoms with Gasteiger partial charge in [-0.2, -0.15) is 0 Å². The molecule has 0 atom stereocenters. The first-order chi connectivity index (χ1) is 10.3. The van der Waals surface area contributed by atoms with Gasteiger partial charge in [0.1, 0.15) is 5.82 Å². The average molecular weight is 324 g/mol. The molecule has 0 saturated carbocycles. The molecule has 1 aromatic carbocycles. The average Bonchev–Trinajstić information content (AvgIpc) is 2.49. The summed E-state index contributed by atoms with van der Waals surface area (Å²) in [6.45, 7) is 4.05. The molecule has 3 nitrogen and oxygen atoms in total. The van der Waals surface area contributed by atoms with Gasteiger partial charge in [0.05, 0.1) is 5.52 Å². The zero-order valence-corrected chi connectivity index (χ0v) is 13.7. The minimum absolute atomic E-state index is 0. The van der Waals surface area contributed by atoms with Gasteiger partial charge < -0.3 is 5.32 Å². The number of benzene rings is 1. The molecule has 5 heteroatoms. The smallest absolute Gasteiger partial charge is 0.124 e. The van der Waals surface area contributed by atoms with Crippen molar-refractivity contribution >= 4 is 23.3 Å². The topological polar surface area (TPSA) is 28.2 Å². The van der Waals surface area contributed by atoms with Crippen molar-refractivity contribution < 1.29 is 4.39 Å². The lowest BCUT2D eigenvalue weighted by Gasteiger charge is -2.32. The van der Waals surface area contributed by atoms with Crippen molar-refractivity contribution in [3.63, 3.8) is 0 Å². The fourth-order valence-corrected chi connectivity index (χ4v) is 3.23. The first-order valence-electron chi connectivity index (χ1n) is 7.66. The molecule has 1 aromatic heterocycles. The number of fused-ring (bicyclic) bond motifs is 1. The highest BCUT2D eigenvalue weighted by Gasteiger charge is 2.19. The molecule has 0 bridgehead atoms. The molecule has 3 rings (SSSR count). The monoisotopic (exact) mass is 323 g/mol. The number of aromatic nitrogens is 1. The summed E-state index contributed by atoms with van der Waals surface area (Å²) in [4.78, 5) is 6.84. The van der Waals surface area contributed by atoms with E-state index in [1.54, 1.807) is 18.3 Å². The van der Waals surface area contributed by atoms with E-state index in [2.05, 4.69) is 15.2 Å². The predicted octanol–water partition coefficient (Wildman–Crippen LogP) is 3.23. The predicted molar refractivity (Wildman–Crippen MR) is 90.9 cm³/mol. The van der Waals surface area contributed by atoms with E-state index in [1.807, 2.05) is 19.2 Å². The Kier molecular flexibility index (Phi) is 6.12. The third-order valence-electron chi connectivity index (χ3n) is 4.34. The van der Waals surface area contributed by atoms with Crippen LogP contribution in [0.5, 0.6) is 0 Å². The van der Waals surface area contributed by atoms with E-state index < -0.39 is 0 Å². The number of hydrogen-bond acceptors (Lipinski definition) is 3. The lowest BCUT2D eigenvalue weighted by molar-refractivity contribution is 0.177. The standard InChI is InChI=1S/C17H22FN3.ClH/c1-19-11-13-4-7-21(8-5-13)12-15-10-16(18)9-14-3-2-6-20-17(14)15;/h2-3,6,9-10,13,19H,4-5,7-8,11-12H2,1H3;1H. The van der Waals surface area contributed by atoms with Crippen LogP contribution in [0.15, 0.2) is 30.5 Å². The van der Waals surface area contributed by atoms with Gasteiger partial charge in [0, 0.05) is 18.1 Å². The quantitative estimate of drug-likeness (QED) is 0.936. The Balaban J connectivity index is 0.00000176. The summed E-state index contributed by atoms with van der Waals surface area (Å²) in [5.41, 5.74) is 1.92. The Morgan fingerprint density at radius 2 is 2.09 bits per heavy atom. The fraction of sp³-hybridized carbons (Fsp3) is 0.471. The van der Waals surface area contributed by atoms with Gasteiger partial charge in [0.25, 0.3) is 0 Å². The van der Waals surface area contributed by atoms with E-state index in [0.717, 1.165) is 48.6 Å². The van der Waals surface area contributed by atoms with E-state index in [-0.39, 0.29) is 18.2 Å². The molecule has 0 radical (unpaired) electrons. The van der Waals surface area contributed by atoms with Gasteiger partial charge in [-0.25, -0.2) is 4.39 Å². The van der Waals surface area contributed by atoms with Crippen LogP contribution in [0, 0.1) is 11.7 Å². The number of pyridine rings is 1. The number of nitrogens with zero attached hydrogens (tertiary/aromatic N) is 2. The number of rotatable bonds is 4. The van der Waals surface area contributed by atoms with Crippen molar-refractivity contribution in [2.75, 3.05) is 26.7 Å². The van der Waals surface area contributed by atoms with Crippen LogP contribution < -0.4 is 5.32 Å².